The Bertz CT molecular complexity index is 154. The van der Waals surface area contributed by atoms with Crippen LogP contribution in [0.4, 0.5) is 0 Å². The van der Waals surface area contributed by atoms with E-state index in [9.17, 15) is 0 Å². The molecular weight excluding hydrogens is 158 g/mol. The van der Waals surface area contributed by atoms with Gasteiger partial charge in [-0.2, -0.15) is 0 Å². The van der Waals surface area contributed by atoms with Crippen LogP contribution < -0.4 is 5.32 Å². The fourth-order valence-electron chi connectivity index (χ4n) is 0.479. The van der Waals surface area contributed by atoms with Crippen molar-refractivity contribution >= 4 is 17.4 Å². The van der Waals surface area contributed by atoms with Gasteiger partial charge in [0.25, 0.3) is 5.17 Å². The monoisotopic (exact) mass is 173 g/mol. The Morgan fingerprint density at radius 1 is 1.64 bits per heavy atom. The van der Waals surface area contributed by atoms with Crippen LogP contribution in [0.25, 0.3) is 0 Å². The molecule has 0 fully saturated rings. The van der Waals surface area contributed by atoms with Crippen molar-refractivity contribution in [2.45, 2.75) is 26.9 Å². The first-order valence-corrected chi connectivity index (χ1v) is 4.02. The Balaban J connectivity index is 3.45. The second kappa shape index (κ2) is 5.13. The van der Waals surface area contributed by atoms with Gasteiger partial charge in [0.15, 0.2) is 0 Å². The van der Waals surface area contributed by atoms with Crippen LogP contribution in [0.2, 0.25) is 0 Å². The molecule has 0 saturated heterocycles. The number of thiocarbonyl (C=S) groups is 1. The normalized spacial score (nSPS) is 9.45. The Labute approximate surface area is 73.6 Å². The molecule has 2 nitrogen and oxygen atoms in total. The summed E-state index contributed by atoms with van der Waals surface area (Å²) in [7, 11) is 0. The fraction of sp³-hybridized carbons (Fsp3) is 0.625. The Kier molecular flexibility index (Phi) is 4.86. The van der Waals surface area contributed by atoms with Crippen LogP contribution in [0, 0.1) is 0 Å². The molecule has 11 heavy (non-hydrogen) atoms. The fourth-order valence-corrected chi connectivity index (χ4v) is 0.743. The summed E-state index contributed by atoms with van der Waals surface area (Å²) in [5, 5.41) is 3.37. The lowest BCUT2D eigenvalue weighted by atomic mass is 10.4. The summed E-state index contributed by atoms with van der Waals surface area (Å²) in [4.78, 5) is 0. The van der Waals surface area contributed by atoms with Gasteiger partial charge in [0, 0.05) is 6.54 Å². The molecule has 0 amide bonds. The molecule has 0 saturated carbocycles. The molecule has 0 aromatic carbocycles. The second-order valence-electron chi connectivity index (χ2n) is 2.76. The number of hydrogen-bond acceptors (Lipinski definition) is 2. The molecule has 0 aromatic rings. The lowest BCUT2D eigenvalue weighted by molar-refractivity contribution is 0.225. The predicted octanol–water partition coefficient (Wildman–Crippen LogP) is 1.86. The molecule has 0 aliphatic rings. The topological polar surface area (TPSA) is 21.3 Å². The molecule has 0 heterocycles. The molecule has 0 atom stereocenters. The molecule has 0 spiro atoms. The quantitative estimate of drug-likeness (QED) is 0.520. The van der Waals surface area contributed by atoms with Crippen molar-refractivity contribution in [2.75, 3.05) is 6.54 Å². The van der Waals surface area contributed by atoms with Gasteiger partial charge in [0.05, 0.1) is 6.10 Å². The number of ether oxygens (including phenoxy) is 1. The van der Waals surface area contributed by atoms with Gasteiger partial charge in [-0.1, -0.05) is 12.2 Å². The van der Waals surface area contributed by atoms with Gasteiger partial charge in [-0.15, -0.1) is 0 Å². The zero-order chi connectivity index (χ0) is 8.85. The average molecular weight is 173 g/mol. The molecule has 0 aromatic heterocycles. The molecule has 0 aliphatic carbocycles. The summed E-state index contributed by atoms with van der Waals surface area (Å²) in [5.41, 5.74) is 1.04. The van der Waals surface area contributed by atoms with Gasteiger partial charge in [-0.05, 0) is 33.0 Å². The first kappa shape index (κ1) is 10.4. The van der Waals surface area contributed by atoms with Crippen molar-refractivity contribution in [1.82, 2.24) is 5.32 Å². The van der Waals surface area contributed by atoms with Gasteiger partial charge >= 0.3 is 0 Å². The van der Waals surface area contributed by atoms with Gasteiger partial charge < -0.3 is 10.1 Å². The number of hydrogen-bond donors (Lipinski definition) is 1. The van der Waals surface area contributed by atoms with Crippen molar-refractivity contribution in [3.8, 4) is 0 Å². The van der Waals surface area contributed by atoms with E-state index >= 15 is 0 Å². The first-order valence-electron chi connectivity index (χ1n) is 3.61. The van der Waals surface area contributed by atoms with Crippen LogP contribution >= 0.6 is 12.2 Å². The molecule has 0 bridgehead atoms. The van der Waals surface area contributed by atoms with Crippen LogP contribution in [-0.2, 0) is 4.74 Å². The standard InChI is InChI=1S/C8H15NOS/c1-6(2)5-9-8(11)10-7(3)4/h7H,1,5H2,2-4H3,(H,9,11). The molecular formula is C8H15NOS. The van der Waals surface area contributed by atoms with Crippen LogP contribution in [0.5, 0.6) is 0 Å². The predicted molar refractivity (Wildman–Crippen MR) is 51.6 cm³/mol. The average Bonchev–Trinajstić information content (AvgIpc) is 1.82. The van der Waals surface area contributed by atoms with Crippen molar-refractivity contribution in [3.05, 3.63) is 12.2 Å². The van der Waals surface area contributed by atoms with E-state index in [0.29, 0.717) is 11.7 Å². The maximum atomic E-state index is 5.18. The zero-order valence-corrected chi connectivity index (χ0v) is 8.12. The lowest BCUT2D eigenvalue weighted by Crippen LogP contribution is -2.27. The minimum atomic E-state index is 0.139. The summed E-state index contributed by atoms with van der Waals surface area (Å²) >= 11 is 4.87. The zero-order valence-electron chi connectivity index (χ0n) is 7.31. The minimum Gasteiger partial charge on any atom is -0.468 e. The third kappa shape index (κ3) is 7.33. The molecule has 0 aliphatic heterocycles. The summed E-state index contributed by atoms with van der Waals surface area (Å²) in [5.74, 6) is 0. The highest BCUT2D eigenvalue weighted by Crippen LogP contribution is 1.89. The Morgan fingerprint density at radius 3 is 2.55 bits per heavy atom. The van der Waals surface area contributed by atoms with Crippen LogP contribution in [0.1, 0.15) is 20.8 Å². The van der Waals surface area contributed by atoms with Crippen LogP contribution in [-0.4, -0.2) is 17.8 Å². The third-order valence-electron chi connectivity index (χ3n) is 0.877. The Hall–Kier alpha value is -0.570. The molecule has 3 heteroatoms. The summed E-state index contributed by atoms with van der Waals surface area (Å²) < 4.78 is 5.18. The van der Waals surface area contributed by atoms with E-state index in [1.807, 2.05) is 20.8 Å². The van der Waals surface area contributed by atoms with E-state index in [1.54, 1.807) is 0 Å². The van der Waals surface area contributed by atoms with E-state index in [2.05, 4.69) is 11.9 Å². The molecule has 64 valence electrons. The van der Waals surface area contributed by atoms with Crippen molar-refractivity contribution in [2.24, 2.45) is 0 Å². The lowest BCUT2D eigenvalue weighted by Gasteiger charge is -2.11. The molecule has 1 N–H and O–H groups in total. The van der Waals surface area contributed by atoms with Gasteiger partial charge in [-0.25, -0.2) is 0 Å². The van der Waals surface area contributed by atoms with Gasteiger partial charge in [0.1, 0.15) is 0 Å². The highest BCUT2D eigenvalue weighted by atomic mass is 32.1. The van der Waals surface area contributed by atoms with Gasteiger partial charge in [0.2, 0.25) is 0 Å². The van der Waals surface area contributed by atoms with Crippen molar-refractivity contribution in [1.29, 1.82) is 0 Å². The summed E-state index contributed by atoms with van der Waals surface area (Å²) in [6, 6.07) is 0. The first-order chi connectivity index (χ1) is 5.02. The van der Waals surface area contributed by atoms with Gasteiger partial charge in [-0.3, -0.25) is 0 Å². The van der Waals surface area contributed by atoms with E-state index in [0.717, 1.165) is 5.57 Å². The Morgan fingerprint density at radius 2 is 2.18 bits per heavy atom. The molecule has 0 radical (unpaired) electrons. The summed E-state index contributed by atoms with van der Waals surface area (Å²) in [6.45, 7) is 10.2. The number of rotatable bonds is 3. The van der Waals surface area contributed by atoms with Crippen LogP contribution in [0.3, 0.4) is 0 Å². The minimum absolute atomic E-state index is 0.139. The molecule has 0 unspecified atom stereocenters. The third-order valence-corrected chi connectivity index (χ3v) is 1.12. The smallest absolute Gasteiger partial charge is 0.257 e. The van der Waals surface area contributed by atoms with E-state index in [1.165, 1.54) is 0 Å². The van der Waals surface area contributed by atoms with E-state index in [4.69, 9.17) is 17.0 Å². The largest absolute Gasteiger partial charge is 0.468 e. The summed E-state index contributed by atoms with van der Waals surface area (Å²) in [6.07, 6.45) is 0.139. The highest BCUT2D eigenvalue weighted by molar-refractivity contribution is 7.80. The molecule has 0 rings (SSSR count). The maximum absolute atomic E-state index is 5.18. The van der Waals surface area contributed by atoms with E-state index < -0.39 is 0 Å². The van der Waals surface area contributed by atoms with Crippen LogP contribution in [0.15, 0.2) is 12.2 Å². The number of nitrogens with one attached hydrogen (secondary N) is 1. The maximum Gasteiger partial charge on any atom is 0.257 e. The van der Waals surface area contributed by atoms with Crippen molar-refractivity contribution < 1.29 is 4.74 Å². The second-order valence-corrected chi connectivity index (χ2v) is 3.14. The van der Waals surface area contributed by atoms with E-state index in [-0.39, 0.29) is 6.10 Å². The van der Waals surface area contributed by atoms with Crippen molar-refractivity contribution in [3.63, 3.8) is 0 Å². The highest BCUT2D eigenvalue weighted by Gasteiger charge is 1.98. The SMILES string of the molecule is C=C(C)CNC(=S)OC(C)C.